The summed E-state index contributed by atoms with van der Waals surface area (Å²) in [4.78, 5) is 16.2. The van der Waals surface area contributed by atoms with Gasteiger partial charge in [-0.2, -0.15) is 0 Å². The van der Waals surface area contributed by atoms with Crippen LogP contribution in [0.2, 0.25) is 0 Å². The highest BCUT2D eigenvalue weighted by atomic mass is 16.5. The van der Waals surface area contributed by atoms with E-state index in [9.17, 15) is 4.79 Å². The van der Waals surface area contributed by atoms with E-state index < -0.39 is 0 Å². The van der Waals surface area contributed by atoms with Crippen LogP contribution in [0.1, 0.15) is 48.0 Å². The van der Waals surface area contributed by atoms with Gasteiger partial charge in [0, 0.05) is 23.7 Å². The van der Waals surface area contributed by atoms with Crippen molar-refractivity contribution in [3.05, 3.63) is 29.3 Å². The van der Waals surface area contributed by atoms with Gasteiger partial charge in [-0.05, 0) is 70.1 Å². The Bertz CT molecular complexity index is 518. The number of piperidine rings is 2. The van der Waals surface area contributed by atoms with Gasteiger partial charge in [-0.3, -0.25) is 9.69 Å². The minimum Gasteiger partial charge on any atom is -0.496 e. The van der Waals surface area contributed by atoms with Gasteiger partial charge in [0.15, 0.2) is 0 Å². The molecule has 2 aliphatic heterocycles. The molecule has 2 saturated heterocycles. The number of carbonyl (C=O) groups is 1. The molecule has 0 amide bonds. The van der Waals surface area contributed by atoms with Crippen molar-refractivity contribution in [1.82, 2.24) is 9.80 Å². The van der Waals surface area contributed by atoms with Crippen molar-refractivity contribution in [2.45, 2.75) is 44.7 Å². The van der Waals surface area contributed by atoms with Crippen LogP contribution in [0.3, 0.4) is 0 Å². The highest BCUT2D eigenvalue weighted by Gasteiger charge is 2.25. The van der Waals surface area contributed by atoms with Gasteiger partial charge in [-0.15, -0.1) is 0 Å². The molecule has 0 unspecified atom stereocenters. The van der Waals surface area contributed by atoms with E-state index in [2.05, 4.69) is 9.80 Å². The van der Waals surface area contributed by atoms with Gasteiger partial charge in [0.25, 0.3) is 0 Å². The van der Waals surface area contributed by atoms with Crippen molar-refractivity contribution in [3.63, 3.8) is 0 Å². The Balaban J connectivity index is 1.57. The van der Waals surface area contributed by atoms with E-state index >= 15 is 0 Å². The average Bonchev–Trinajstić information content (AvgIpc) is 2.63. The molecule has 1 aromatic rings. The van der Waals surface area contributed by atoms with E-state index in [-0.39, 0.29) is 0 Å². The summed E-state index contributed by atoms with van der Waals surface area (Å²) >= 11 is 0. The molecule has 0 spiro atoms. The molecule has 23 heavy (non-hydrogen) atoms. The first kappa shape index (κ1) is 16.5. The molecule has 4 heteroatoms. The molecule has 1 aromatic carbocycles. The number of nitrogens with zero attached hydrogens (tertiary/aromatic N) is 2. The maximum absolute atomic E-state index is 11.0. The standard InChI is InChI=1S/C19H28N2O2/c1-23-19-6-5-16(15-22)13-17(19)14-20-11-7-18(8-12-20)21-9-3-2-4-10-21/h5-6,13,15,18H,2-4,7-12,14H2,1H3. The van der Waals surface area contributed by atoms with Crippen LogP contribution in [0.5, 0.6) is 5.75 Å². The van der Waals surface area contributed by atoms with Crippen LogP contribution in [0.25, 0.3) is 0 Å². The van der Waals surface area contributed by atoms with Crippen molar-refractivity contribution in [1.29, 1.82) is 0 Å². The Kier molecular flexibility index (Phi) is 5.68. The van der Waals surface area contributed by atoms with Crippen LogP contribution >= 0.6 is 0 Å². The largest absolute Gasteiger partial charge is 0.496 e. The summed E-state index contributed by atoms with van der Waals surface area (Å²) < 4.78 is 5.45. The second-order valence-electron chi connectivity index (χ2n) is 6.79. The number of benzene rings is 1. The Hall–Kier alpha value is -1.39. The number of hydrogen-bond acceptors (Lipinski definition) is 4. The third-order valence-corrected chi connectivity index (χ3v) is 5.30. The summed E-state index contributed by atoms with van der Waals surface area (Å²) in [6.45, 7) is 5.72. The van der Waals surface area contributed by atoms with Gasteiger partial charge in [-0.25, -0.2) is 0 Å². The lowest BCUT2D eigenvalue weighted by Gasteiger charge is -2.40. The summed E-state index contributed by atoms with van der Waals surface area (Å²) in [6, 6.07) is 6.45. The lowest BCUT2D eigenvalue weighted by molar-refractivity contribution is 0.0893. The zero-order chi connectivity index (χ0) is 16.1. The van der Waals surface area contributed by atoms with E-state index in [1.165, 1.54) is 45.2 Å². The van der Waals surface area contributed by atoms with Gasteiger partial charge in [0.1, 0.15) is 12.0 Å². The predicted octanol–water partition coefficient (Wildman–Crippen LogP) is 2.96. The highest BCUT2D eigenvalue weighted by molar-refractivity contribution is 5.75. The molecule has 0 saturated carbocycles. The molecule has 0 atom stereocenters. The van der Waals surface area contributed by atoms with Crippen LogP contribution in [-0.4, -0.2) is 55.4 Å². The lowest BCUT2D eigenvalue weighted by atomic mass is 9.99. The van der Waals surface area contributed by atoms with E-state index in [4.69, 9.17) is 4.74 Å². The summed E-state index contributed by atoms with van der Waals surface area (Å²) in [7, 11) is 1.70. The van der Waals surface area contributed by atoms with Crippen LogP contribution < -0.4 is 4.74 Å². The second kappa shape index (κ2) is 7.93. The fourth-order valence-electron chi connectivity index (χ4n) is 3.96. The molecule has 3 rings (SSSR count). The molecule has 0 aromatic heterocycles. The predicted molar refractivity (Wildman–Crippen MR) is 92.1 cm³/mol. The number of likely N-dealkylation sites (tertiary alicyclic amines) is 2. The molecule has 2 aliphatic rings. The highest BCUT2D eigenvalue weighted by Crippen LogP contribution is 2.25. The number of ether oxygens (including phenoxy) is 1. The first-order chi connectivity index (χ1) is 11.3. The topological polar surface area (TPSA) is 32.8 Å². The maximum Gasteiger partial charge on any atom is 0.150 e. The minimum absolute atomic E-state index is 0.726. The van der Waals surface area contributed by atoms with Gasteiger partial charge < -0.3 is 9.64 Å². The number of rotatable bonds is 5. The quantitative estimate of drug-likeness (QED) is 0.782. The van der Waals surface area contributed by atoms with Crippen LogP contribution in [0.15, 0.2) is 18.2 Å². The van der Waals surface area contributed by atoms with Crippen LogP contribution in [-0.2, 0) is 6.54 Å². The van der Waals surface area contributed by atoms with Crippen molar-refractivity contribution in [3.8, 4) is 5.75 Å². The smallest absolute Gasteiger partial charge is 0.150 e. The van der Waals surface area contributed by atoms with Crippen LogP contribution in [0, 0.1) is 0 Å². The Morgan fingerprint density at radius 1 is 1.13 bits per heavy atom. The average molecular weight is 316 g/mol. The molecule has 4 nitrogen and oxygen atoms in total. The summed E-state index contributed by atoms with van der Waals surface area (Å²) in [5.41, 5.74) is 1.84. The van der Waals surface area contributed by atoms with E-state index in [0.717, 1.165) is 48.8 Å². The number of hydrogen-bond donors (Lipinski definition) is 0. The van der Waals surface area contributed by atoms with Gasteiger partial charge in [0.05, 0.1) is 7.11 Å². The van der Waals surface area contributed by atoms with Crippen molar-refractivity contribution in [2.75, 3.05) is 33.3 Å². The molecule has 0 aliphatic carbocycles. The number of methoxy groups -OCH3 is 1. The second-order valence-corrected chi connectivity index (χ2v) is 6.79. The molecular formula is C19H28N2O2. The zero-order valence-electron chi connectivity index (χ0n) is 14.2. The molecule has 126 valence electrons. The van der Waals surface area contributed by atoms with E-state index in [1.807, 2.05) is 18.2 Å². The van der Waals surface area contributed by atoms with Gasteiger partial charge >= 0.3 is 0 Å². The summed E-state index contributed by atoms with van der Waals surface area (Å²) in [5, 5.41) is 0. The SMILES string of the molecule is COc1ccc(C=O)cc1CN1CCC(N2CCCCC2)CC1. The van der Waals surface area contributed by atoms with Gasteiger partial charge in [-0.1, -0.05) is 6.42 Å². The first-order valence-electron chi connectivity index (χ1n) is 8.88. The fourth-order valence-corrected chi connectivity index (χ4v) is 3.96. The normalized spacial score (nSPS) is 21.3. The number of aldehydes is 1. The van der Waals surface area contributed by atoms with Crippen molar-refractivity contribution >= 4 is 6.29 Å². The van der Waals surface area contributed by atoms with E-state index in [1.54, 1.807) is 7.11 Å². The maximum atomic E-state index is 11.0. The molecule has 2 heterocycles. The summed E-state index contributed by atoms with van der Waals surface area (Å²) in [6.07, 6.45) is 7.57. The molecule has 2 fully saturated rings. The third kappa shape index (κ3) is 4.12. The Labute approximate surface area is 139 Å². The third-order valence-electron chi connectivity index (χ3n) is 5.30. The Morgan fingerprint density at radius 3 is 2.52 bits per heavy atom. The molecule has 0 N–H and O–H groups in total. The van der Waals surface area contributed by atoms with Crippen molar-refractivity contribution < 1.29 is 9.53 Å². The number of carbonyl (C=O) groups excluding carboxylic acids is 1. The molecular weight excluding hydrogens is 288 g/mol. The lowest BCUT2D eigenvalue weighted by Crippen LogP contribution is -2.46. The van der Waals surface area contributed by atoms with Crippen molar-refractivity contribution in [2.24, 2.45) is 0 Å². The molecule has 0 bridgehead atoms. The fraction of sp³-hybridized carbons (Fsp3) is 0.632. The summed E-state index contributed by atoms with van der Waals surface area (Å²) in [5.74, 6) is 0.883. The first-order valence-corrected chi connectivity index (χ1v) is 8.88. The monoisotopic (exact) mass is 316 g/mol. The zero-order valence-corrected chi connectivity index (χ0v) is 14.2. The minimum atomic E-state index is 0.726. The van der Waals surface area contributed by atoms with E-state index in [0.29, 0.717) is 0 Å². The van der Waals surface area contributed by atoms with Gasteiger partial charge in [0.2, 0.25) is 0 Å². The molecule has 0 radical (unpaired) electrons. The van der Waals surface area contributed by atoms with Crippen LogP contribution in [0.4, 0.5) is 0 Å². The Morgan fingerprint density at radius 2 is 1.87 bits per heavy atom.